The van der Waals surface area contributed by atoms with Crippen molar-refractivity contribution in [2.45, 2.75) is 43.8 Å². The molecule has 0 heterocycles. The van der Waals surface area contributed by atoms with E-state index in [9.17, 15) is 24.6 Å². The largest absolute Gasteiger partial charge is 0.481 e. The van der Waals surface area contributed by atoms with E-state index in [4.69, 9.17) is 5.73 Å². The Balaban J connectivity index is 2.16. The van der Waals surface area contributed by atoms with E-state index >= 15 is 0 Å². The summed E-state index contributed by atoms with van der Waals surface area (Å²) in [5, 5.41) is 19.9. The molecule has 4 N–H and O–H groups in total. The van der Waals surface area contributed by atoms with E-state index in [0.717, 1.165) is 10.5 Å². The molecule has 0 spiro atoms. The zero-order valence-electron chi connectivity index (χ0n) is 16.3. The lowest BCUT2D eigenvalue weighted by molar-refractivity contribution is -0.165. The number of carboxylic acid groups (broad SMARTS) is 2. The first-order chi connectivity index (χ1) is 13.2. The lowest BCUT2D eigenvalue weighted by Crippen LogP contribution is -2.55. The van der Waals surface area contributed by atoms with Gasteiger partial charge in [-0.05, 0) is 37.3 Å². The summed E-state index contributed by atoms with van der Waals surface area (Å²) in [5.74, 6) is -4.46. The van der Waals surface area contributed by atoms with Crippen LogP contribution in [0.3, 0.4) is 0 Å². The van der Waals surface area contributed by atoms with Crippen LogP contribution in [0.25, 0.3) is 0 Å². The van der Waals surface area contributed by atoms with Crippen molar-refractivity contribution in [2.24, 2.45) is 34.3 Å². The van der Waals surface area contributed by atoms with Gasteiger partial charge in [0.25, 0.3) is 0 Å². The summed E-state index contributed by atoms with van der Waals surface area (Å²) in [5.41, 5.74) is 3.94. The minimum absolute atomic E-state index is 0.264. The van der Waals surface area contributed by atoms with Gasteiger partial charge in [0.15, 0.2) is 5.78 Å². The normalized spacial score (nSPS) is 36.0. The Morgan fingerprint density at radius 3 is 2.18 bits per heavy atom. The van der Waals surface area contributed by atoms with Crippen LogP contribution in [0.4, 0.5) is 0 Å². The van der Waals surface area contributed by atoms with Crippen LogP contribution in [-0.2, 0) is 14.4 Å². The highest BCUT2D eigenvalue weighted by atomic mass is 32.2. The lowest BCUT2D eigenvalue weighted by atomic mass is 9.61. The van der Waals surface area contributed by atoms with E-state index in [1.807, 2.05) is 38.1 Å². The maximum atomic E-state index is 13.1. The summed E-state index contributed by atoms with van der Waals surface area (Å²) < 4.78 is 0. The Kier molecular flexibility index (Phi) is 5.36. The molecule has 2 aliphatic rings. The number of fused-ring (bicyclic) bond motifs is 1. The molecule has 0 aromatic heterocycles. The molecule has 2 saturated carbocycles. The minimum atomic E-state index is -1.75. The first-order valence-electron chi connectivity index (χ1n) is 9.66. The molecule has 7 heteroatoms. The van der Waals surface area contributed by atoms with Crippen molar-refractivity contribution in [3.05, 3.63) is 29.8 Å². The molecule has 0 saturated heterocycles. The van der Waals surface area contributed by atoms with E-state index in [2.05, 4.69) is 0 Å². The van der Waals surface area contributed by atoms with E-state index in [0.29, 0.717) is 12.8 Å². The third-order valence-corrected chi connectivity index (χ3v) is 8.43. The highest BCUT2D eigenvalue weighted by Gasteiger charge is 2.88. The first-order valence-corrected chi connectivity index (χ1v) is 10.5. The van der Waals surface area contributed by atoms with Crippen molar-refractivity contribution in [1.82, 2.24) is 0 Å². The van der Waals surface area contributed by atoms with Crippen LogP contribution in [0, 0.1) is 35.5 Å². The Morgan fingerprint density at radius 1 is 1.14 bits per heavy atom. The third kappa shape index (κ3) is 2.48. The molecule has 0 amide bonds. The molecule has 3 rings (SSSR count). The van der Waals surface area contributed by atoms with Gasteiger partial charge in [0, 0.05) is 15.6 Å². The molecule has 0 radical (unpaired) electrons. The standard InChI is InChI=1S/C21H27NO5S/c1-4-13-17(28-12-8-6-11(3)7-9-12)15-16(18(24)25)20(15,5-2)21(13,19(26)27)14(23)10-22/h6-9,13,15-17H,4-5,10,22H2,1-3H3,(H,24,25)(H,26,27). The van der Waals surface area contributed by atoms with Gasteiger partial charge in [0.2, 0.25) is 0 Å². The average Bonchev–Trinajstić information content (AvgIpc) is 3.29. The number of carboxylic acids is 2. The van der Waals surface area contributed by atoms with E-state index in [1.54, 1.807) is 6.92 Å². The maximum Gasteiger partial charge on any atom is 0.318 e. The van der Waals surface area contributed by atoms with Gasteiger partial charge in [0.05, 0.1) is 12.5 Å². The molecule has 28 heavy (non-hydrogen) atoms. The lowest BCUT2D eigenvalue weighted by Gasteiger charge is -2.40. The minimum Gasteiger partial charge on any atom is -0.481 e. The molecular weight excluding hydrogens is 378 g/mol. The van der Waals surface area contributed by atoms with Gasteiger partial charge in [0.1, 0.15) is 5.41 Å². The maximum absolute atomic E-state index is 13.1. The number of Topliss-reactive ketones (excluding diaryl/α,β-unsaturated/α-hetero) is 1. The van der Waals surface area contributed by atoms with Gasteiger partial charge >= 0.3 is 11.9 Å². The fourth-order valence-corrected chi connectivity index (χ4v) is 7.70. The van der Waals surface area contributed by atoms with Crippen LogP contribution in [0.15, 0.2) is 29.2 Å². The molecule has 6 nitrogen and oxygen atoms in total. The number of aliphatic carboxylic acids is 2. The summed E-state index contributed by atoms with van der Waals surface area (Å²) in [6.07, 6.45) is 0.806. The van der Waals surface area contributed by atoms with Gasteiger partial charge in [-0.2, -0.15) is 0 Å². The Hall–Kier alpha value is -1.86. The summed E-state index contributed by atoms with van der Waals surface area (Å²) in [4.78, 5) is 38.7. The Bertz CT molecular complexity index is 810. The molecule has 1 aromatic carbocycles. The summed E-state index contributed by atoms with van der Waals surface area (Å²) in [6.45, 7) is 5.25. The monoisotopic (exact) mass is 405 g/mol. The molecule has 152 valence electrons. The number of hydrogen-bond donors (Lipinski definition) is 3. The van der Waals surface area contributed by atoms with Gasteiger partial charge in [-0.25, -0.2) is 0 Å². The Morgan fingerprint density at radius 2 is 1.75 bits per heavy atom. The fraction of sp³-hybridized carbons (Fsp3) is 0.571. The summed E-state index contributed by atoms with van der Waals surface area (Å²) in [6, 6.07) is 7.87. The second kappa shape index (κ2) is 7.19. The van der Waals surface area contributed by atoms with Crippen LogP contribution in [0.1, 0.15) is 32.3 Å². The van der Waals surface area contributed by atoms with Gasteiger partial charge in [-0.3, -0.25) is 14.4 Å². The molecule has 0 aliphatic heterocycles. The number of nitrogens with two attached hydrogens (primary N) is 1. The van der Waals surface area contributed by atoms with Crippen LogP contribution >= 0.6 is 11.8 Å². The first kappa shape index (κ1) is 20.9. The smallest absolute Gasteiger partial charge is 0.318 e. The average molecular weight is 406 g/mol. The molecule has 6 atom stereocenters. The number of benzene rings is 1. The SMILES string of the molecule is CCC1C(Sc2ccc(C)cc2)C2C(C(=O)O)C2(CC)C1(C(=O)O)C(=O)CN. The molecule has 1 aromatic rings. The Labute approximate surface area is 168 Å². The number of hydrogen-bond acceptors (Lipinski definition) is 5. The van der Waals surface area contributed by atoms with Crippen molar-refractivity contribution in [2.75, 3.05) is 6.54 Å². The van der Waals surface area contributed by atoms with E-state index in [1.165, 1.54) is 11.8 Å². The van der Waals surface area contributed by atoms with Crippen LogP contribution < -0.4 is 5.73 Å². The zero-order valence-corrected chi connectivity index (χ0v) is 17.2. The van der Waals surface area contributed by atoms with E-state index < -0.39 is 46.9 Å². The highest BCUT2D eigenvalue weighted by molar-refractivity contribution is 8.00. The zero-order chi connectivity index (χ0) is 20.9. The molecular formula is C21H27NO5S. The topological polar surface area (TPSA) is 118 Å². The second-order valence-corrected chi connectivity index (χ2v) is 9.14. The molecule has 2 fully saturated rings. The number of carbonyl (C=O) groups is 3. The predicted octanol–water partition coefficient (Wildman–Crippen LogP) is 2.82. The number of ketones is 1. The summed E-state index contributed by atoms with van der Waals surface area (Å²) in [7, 11) is 0. The molecule has 2 aliphatic carbocycles. The van der Waals surface area contributed by atoms with Gasteiger partial charge in [-0.15, -0.1) is 11.8 Å². The van der Waals surface area contributed by atoms with Crippen LogP contribution in [-0.4, -0.2) is 39.7 Å². The van der Waals surface area contributed by atoms with Crippen molar-refractivity contribution in [3.63, 3.8) is 0 Å². The van der Waals surface area contributed by atoms with Crippen LogP contribution in [0.5, 0.6) is 0 Å². The highest BCUT2D eigenvalue weighted by Crippen LogP contribution is 2.82. The summed E-state index contributed by atoms with van der Waals surface area (Å²) >= 11 is 1.51. The molecule has 0 bridgehead atoms. The van der Waals surface area contributed by atoms with Crippen molar-refractivity contribution < 1.29 is 24.6 Å². The van der Waals surface area contributed by atoms with Crippen molar-refractivity contribution in [3.8, 4) is 0 Å². The quantitative estimate of drug-likeness (QED) is 0.569. The van der Waals surface area contributed by atoms with Crippen LogP contribution in [0.2, 0.25) is 0 Å². The van der Waals surface area contributed by atoms with Crippen molar-refractivity contribution >= 4 is 29.5 Å². The number of rotatable bonds is 8. The molecule has 6 unspecified atom stereocenters. The van der Waals surface area contributed by atoms with Gasteiger partial charge in [-0.1, -0.05) is 38.0 Å². The third-order valence-electron chi connectivity index (χ3n) is 6.99. The van der Waals surface area contributed by atoms with Crippen molar-refractivity contribution in [1.29, 1.82) is 0 Å². The second-order valence-electron chi connectivity index (χ2n) is 7.89. The number of thioether (sulfide) groups is 1. The van der Waals surface area contributed by atoms with E-state index in [-0.39, 0.29) is 11.2 Å². The fourth-order valence-electron chi connectivity index (χ4n) is 5.98. The van der Waals surface area contributed by atoms with Gasteiger partial charge < -0.3 is 15.9 Å². The number of carbonyl (C=O) groups excluding carboxylic acids is 1. The number of aryl methyl sites for hydroxylation is 1. The predicted molar refractivity (Wildman–Crippen MR) is 106 cm³/mol.